The van der Waals surface area contributed by atoms with Gasteiger partial charge in [0.25, 0.3) is 11.8 Å². The number of hydrogen-bond donors (Lipinski definition) is 3. The minimum Gasteiger partial charge on any atom is -0.310 e. The Morgan fingerprint density at radius 2 is 1.76 bits per heavy atom. The second-order valence-electron chi connectivity index (χ2n) is 8.44. The van der Waals surface area contributed by atoms with Crippen LogP contribution < -0.4 is 16.0 Å². The molecule has 3 N–H and O–H groups in total. The average molecular weight is 396 g/mol. The number of hydrogen-bond acceptors (Lipinski definition) is 6. The Bertz CT molecular complexity index is 914. The lowest BCUT2D eigenvalue weighted by atomic mass is 9.99. The van der Waals surface area contributed by atoms with Gasteiger partial charge in [0.05, 0.1) is 11.1 Å². The fourth-order valence-electron chi connectivity index (χ4n) is 5.10. The van der Waals surface area contributed by atoms with E-state index in [0.29, 0.717) is 35.8 Å². The number of benzene rings is 1. The molecule has 5 rings (SSSR count). The van der Waals surface area contributed by atoms with E-state index in [0.717, 1.165) is 16.9 Å². The lowest BCUT2D eigenvalue weighted by Gasteiger charge is -2.31. The summed E-state index contributed by atoms with van der Waals surface area (Å²) in [5.41, 5.74) is 1.60. The molecule has 4 aliphatic heterocycles. The number of amides is 4. The fourth-order valence-corrected chi connectivity index (χ4v) is 5.10. The maximum absolute atomic E-state index is 12.9. The average Bonchev–Trinajstić information content (AvgIpc) is 3.20. The topological polar surface area (TPSA) is 108 Å². The predicted octanol–water partition coefficient (Wildman–Crippen LogP) is 0.460. The number of carbonyl (C=O) groups excluding carboxylic acids is 4. The molecule has 4 unspecified atom stereocenters. The van der Waals surface area contributed by atoms with Gasteiger partial charge in [0, 0.05) is 31.1 Å². The number of imide groups is 2. The number of carbonyl (C=O) groups is 4. The Morgan fingerprint density at radius 1 is 0.966 bits per heavy atom. The zero-order chi connectivity index (χ0) is 20.1. The van der Waals surface area contributed by atoms with Crippen molar-refractivity contribution in [2.24, 2.45) is 0 Å². The Hall–Kier alpha value is -2.58. The van der Waals surface area contributed by atoms with E-state index < -0.39 is 23.8 Å². The molecule has 8 nitrogen and oxygen atoms in total. The lowest BCUT2D eigenvalue weighted by molar-refractivity contribution is -0.136. The van der Waals surface area contributed by atoms with Crippen molar-refractivity contribution >= 4 is 23.6 Å². The van der Waals surface area contributed by atoms with E-state index in [-0.39, 0.29) is 18.7 Å². The van der Waals surface area contributed by atoms with Gasteiger partial charge in [-0.05, 0) is 49.8 Å². The fraction of sp³-hybridized carbons (Fsp3) is 0.524. The highest BCUT2D eigenvalue weighted by molar-refractivity contribution is 6.23. The van der Waals surface area contributed by atoms with E-state index in [2.05, 4.69) is 16.0 Å². The third-order valence-corrected chi connectivity index (χ3v) is 6.66. The van der Waals surface area contributed by atoms with Gasteiger partial charge in [0.1, 0.15) is 6.04 Å². The van der Waals surface area contributed by atoms with E-state index >= 15 is 0 Å². The van der Waals surface area contributed by atoms with Crippen molar-refractivity contribution in [2.45, 2.75) is 69.2 Å². The third kappa shape index (κ3) is 3.16. The highest BCUT2D eigenvalue weighted by atomic mass is 16.2. The van der Waals surface area contributed by atoms with Gasteiger partial charge in [0.15, 0.2) is 0 Å². The molecule has 0 aliphatic carbocycles. The van der Waals surface area contributed by atoms with Gasteiger partial charge in [-0.3, -0.25) is 29.4 Å². The summed E-state index contributed by atoms with van der Waals surface area (Å²) >= 11 is 0. The monoisotopic (exact) mass is 396 g/mol. The van der Waals surface area contributed by atoms with Crippen LogP contribution in [0.25, 0.3) is 0 Å². The summed E-state index contributed by atoms with van der Waals surface area (Å²) in [6, 6.07) is 5.95. The van der Waals surface area contributed by atoms with Crippen LogP contribution in [0.2, 0.25) is 0 Å². The maximum Gasteiger partial charge on any atom is 0.262 e. The molecule has 0 spiro atoms. The van der Waals surface area contributed by atoms with E-state index in [1.54, 1.807) is 12.1 Å². The molecule has 0 aromatic heterocycles. The molecule has 4 amide bonds. The molecule has 1 aromatic rings. The third-order valence-electron chi connectivity index (χ3n) is 6.66. The van der Waals surface area contributed by atoms with Crippen LogP contribution in [-0.2, 0) is 16.1 Å². The first-order valence-electron chi connectivity index (χ1n) is 10.3. The Balaban J connectivity index is 1.30. The number of fused-ring (bicyclic) bond motifs is 3. The molecule has 152 valence electrons. The number of nitrogens with one attached hydrogen (secondary N) is 3. The Labute approximate surface area is 168 Å². The molecule has 3 saturated heterocycles. The molecule has 4 heterocycles. The number of nitrogens with zero attached hydrogens (tertiary/aromatic N) is 1. The predicted molar refractivity (Wildman–Crippen MR) is 103 cm³/mol. The van der Waals surface area contributed by atoms with Crippen LogP contribution in [0.4, 0.5) is 0 Å². The second kappa shape index (κ2) is 7.03. The molecule has 1 aromatic carbocycles. The maximum atomic E-state index is 12.9. The Morgan fingerprint density at radius 3 is 2.59 bits per heavy atom. The second-order valence-corrected chi connectivity index (χ2v) is 8.44. The number of rotatable bonds is 4. The van der Waals surface area contributed by atoms with Gasteiger partial charge in [-0.2, -0.15) is 0 Å². The van der Waals surface area contributed by atoms with Crippen LogP contribution in [-0.4, -0.2) is 52.7 Å². The van der Waals surface area contributed by atoms with Crippen LogP contribution in [0.3, 0.4) is 0 Å². The van der Waals surface area contributed by atoms with Gasteiger partial charge in [-0.25, -0.2) is 0 Å². The first kappa shape index (κ1) is 18.4. The first-order chi connectivity index (χ1) is 14.0. The smallest absolute Gasteiger partial charge is 0.262 e. The molecular weight excluding hydrogens is 372 g/mol. The highest BCUT2D eigenvalue weighted by Gasteiger charge is 2.44. The molecule has 3 fully saturated rings. The van der Waals surface area contributed by atoms with Gasteiger partial charge >= 0.3 is 0 Å². The molecule has 0 saturated carbocycles. The van der Waals surface area contributed by atoms with Crippen molar-refractivity contribution in [3.05, 3.63) is 34.9 Å². The normalized spacial score (nSPS) is 31.2. The number of piperidine rings is 2. The summed E-state index contributed by atoms with van der Waals surface area (Å²) in [5.74, 6) is -1.88. The van der Waals surface area contributed by atoms with E-state index in [1.165, 1.54) is 19.3 Å². The van der Waals surface area contributed by atoms with Crippen molar-refractivity contribution in [1.82, 2.24) is 20.9 Å². The zero-order valence-corrected chi connectivity index (χ0v) is 16.1. The van der Waals surface area contributed by atoms with Crippen LogP contribution in [0.5, 0.6) is 0 Å². The minimum atomic E-state index is -0.926. The summed E-state index contributed by atoms with van der Waals surface area (Å²) in [4.78, 5) is 50.2. The van der Waals surface area contributed by atoms with E-state index in [9.17, 15) is 19.2 Å². The van der Waals surface area contributed by atoms with Crippen molar-refractivity contribution in [2.75, 3.05) is 0 Å². The van der Waals surface area contributed by atoms with Gasteiger partial charge < -0.3 is 10.6 Å². The SMILES string of the molecule is O=C1CCC(N2C(=O)c3ccc(CNC4CCC5CCC4N5)cc3C2=O)C(=O)N1. The molecule has 0 radical (unpaired) electrons. The summed E-state index contributed by atoms with van der Waals surface area (Å²) < 4.78 is 0. The van der Waals surface area contributed by atoms with Crippen molar-refractivity contribution in [3.8, 4) is 0 Å². The molecule has 4 aliphatic rings. The first-order valence-corrected chi connectivity index (χ1v) is 10.3. The van der Waals surface area contributed by atoms with Gasteiger partial charge in [-0.1, -0.05) is 6.07 Å². The standard InChI is InChI=1S/C21H24N4O4/c26-18-8-7-17(19(27)24-18)25-20(28)13-4-1-11(9-14(13)21(25)29)10-22-15-5-2-12-3-6-16(15)23-12/h1,4,9,12,15-17,22-23H,2-3,5-8,10H2,(H,24,26,27). The van der Waals surface area contributed by atoms with Crippen LogP contribution in [0.15, 0.2) is 18.2 Å². The summed E-state index contributed by atoms with van der Waals surface area (Å²) in [7, 11) is 0. The Kier molecular flexibility index (Phi) is 4.48. The molecule has 2 bridgehead atoms. The zero-order valence-electron chi connectivity index (χ0n) is 16.1. The van der Waals surface area contributed by atoms with Crippen molar-refractivity contribution < 1.29 is 19.2 Å². The quantitative estimate of drug-likeness (QED) is 0.639. The van der Waals surface area contributed by atoms with Crippen LogP contribution >= 0.6 is 0 Å². The van der Waals surface area contributed by atoms with Crippen molar-refractivity contribution in [1.29, 1.82) is 0 Å². The summed E-state index contributed by atoms with van der Waals surface area (Å²) in [6.07, 6.45) is 5.06. The van der Waals surface area contributed by atoms with Crippen LogP contribution in [0.1, 0.15) is 64.8 Å². The highest BCUT2D eigenvalue weighted by Crippen LogP contribution is 2.29. The van der Waals surface area contributed by atoms with Crippen LogP contribution in [0, 0.1) is 0 Å². The largest absolute Gasteiger partial charge is 0.310 e. The summed E-state index contributed by atoms with van der Waals surface area (Å²) in [6.45, 7) is 0.626. The van der Waals surface area contributed by atoms with Gasteiger partial charge in [0.2, 0.25) is 11.8 Å². The summed E-state index contributed by atoms with van der Waals surface area (Å²) in [5, 5.41) is 9.46. The van der Waals surface area contributed by atoms with Gasteiger partial charge in [-0.15, -0.1) is 0 Å². The molecule has 8 heteroatoms. The lowest BCUT2D eigenvalue weighted by Crippen LogP contribution is -2.54. The minimum absolute atomic E-state index is 0.121. The molecule has 4 atom stereocenters. The molecule has 29 heavy (non-hydrogen) atoms. The van der Waals surface area contributed by atoms with E-state index in [1.807, 2.05) is 6.07 Å². The van der Waals surface area contributed by atoms with Crippen molar-refractivity contribution in [3.63, 3.8) is 0 Å². The molecular formula is C21H24N4O4. The van der Waals surface area contributed by atoms with E-state index in [4.69, 9.17) is 0 Å².